The Bertz CT molecular complexity index is 990. The van der Waals surface area contributed by atoms with Crippen LogP contribution in [0.25, 0.3) is 0 Å². The lowest BCUT2D eigenvalue weighted by atomic mass is 9.84. The molecule has 0 atom stereocenters. The molecule has 0 spiro atoms. The van der Waals surface area contributed by atoms with Gasteiger partial charge in [-0.15, -0.1) is 0 Å². The number of aromatic nitrogens is 3. The van der Waals surface area contributed by atoms with Crippen molar-refractivity contribution < 1.29 is 14.3 Å². The Balaban J connectivity index is 0.948. The van der Waals surface area contributed by atoms with Gasteiger partial charge in [-0.1, -0.05) is 0 Å². The van der Waals surface area contributed by atoms with E-state index in [-0.39, 0.29) is 11.9 Å². The highest BCUT2D eigenvalue weighted by atomic mass is 16.5. The second-order valence-electron chi connectivity index (χ2n) is 9.76. The summed E-state index contributed by atoms with van der Waals surface area (Å²) in [5.41, 5.74) is 1.62. The van der Waals surface area contributed by atoms with Gasteiger partial charge in [-0.3, -0.25) is 4.79 Å². The van der Waals surface area contributed by atoms with Crippen molar-refractivity contribution in [3.63, 3.8) is 0 Å². The zero-order valence-electron chi connectivity index (χ0n) is 20.9. The number of hydrogen-bond acceptors (Lipinski definition) is 9. The number of carbonyl (C=O) groups is 1. The highest BCUT2D eigenvalue weighted by Gasteiger charge is 2.23. The molecule has 2 fully saturated rings. The largest absolute Gasteiger partial charge is 0.489 e. The van der Waals surface area contributed by atoms with Gasteiger partial charge in [-0.2, -0.15) is 0 Å². The van der Waals surface area contributed by atoms with E-state index in [9.17, 15) is 4.79 Å². The summed E-state index contributed by atoms with van der Waals surface area (Å²) in [5.74, 6) is 3.15. The predicted octanol–water partition coefficient (Wildman–Crippen LogP) is 2.02. The van der Waals surface area contributed by atoms with E-state index in [0.29, 0.717) is 24.8 Å². The van der Waals surface area contributed by atoms with E-state index in [4.69, 9.17) is 9.47 Å². The minimum atomic E-state index is -0.127. The van der Waals surface area contributed by atoms with Crippen molar-refractivity contribution in [3.05, 3.63) is 35.9 Å². The average molecular weight is 496 g/mol. The molecule has 3 N–H and O–H groups in total. The smallest absolute Gasteiger partial charge is 0.271 e. The fourth-order valence-electron chi connectivity index (χ4n) is 5.18. The molecule has 4 heterocycles. The van der Waals surface area contributed by atoms with E-state index in [2.05, 4.69) is 35.8 Å². The number of carbonyl (C=O) groups excluding carboxylic acids is 1. The summed E-state index contributed by atoms with van der Waals surface area (Å²) in [6.07, 6.45) is 11.6. The lowest BCUT2D eigenvalue weighted by Gasteiger charge is -2.29. The summed E-state index contributed by atoms with van der Waals surface area (Å²) < 4.78 is 11.1. The summed E-state index contributed by atoms with van der Waals surface area (Å²) in [7, 11) is 0. The number of fused-ring (bicyclic) bond motifs is 1. The minimum absolute atomic E-state index is 0.127. The van der Waals surface area contributed by atoms with Crippen molar-refractivity contribution in [1.82, 2.24) is 25.6 Å². The van der Waals surface area contributed by atoms with Crippen LogP contribution in [0.4, 0.5) is 11.6 Å². The van der Waals surface area contributed by atoms with E-state index in [1.54, 1.807) is 12.4 Å². The number of morpholine rings is 1. The van der Waals surface area contributed by atoms with Gasteiger partial charge in [-0.25, -0.2) is 15.0 Å². The SMILES string of the molecule is O=C(NC1CCC(CCNCCNc2nccc3c2OCC3)CC1)c1cnc(N2CCOCC2)cn1. The molecule has 2 aromatic heterocycles. The molecule has 0 radical (unpaired) electrons. The number of anilines is 2. The third-order valence-electron chi connectivity index (χ3n) is 7.32. The zero-order valence-corrected chi connectivity index (χ0v) is 20.9. The Morgan fingerprint density at radius 2 is 1.86 bits per heavy atom. The third-order valence-corrected chi connectivity index (χ3v) is 7.32. The van der Waals surface area contributed by atoms with Crippen molar-refractivity contribution in [2.75, 3.05) is 62.8 Å². The summed E-state index contributed by atoms with van der Waals surface area (Å²) in [6, 6.07) is 2.25. The van der Waals surface area contributed by atoms with Gasteiger partial charge in [0.25, 0.3) is 5.91 Å². The van der Waals surface area contributed by atoms with E-state index in [1.165, 1.54) is 5.56 Å². The normalized spacial score (nSPS) is 21.5. The molecule has 1 saturated heterocycles. The van der Waals surface area contributed by atoms with Crippen molar-refractivity contribution >= 4 is 17.5 Å². The Morgan fingerprint density at radius 3 is 2.67 bits per heavy atom. The number of rotatable bonds is 10. The van der Waals surface area contributed by atoms with Crippen LogP contribution in [0.3, 0.4) is 0 Å². The van der Waals surface area contributed by atoms with Gasteiger partial charge in [0.15, 0.2) is 11.6 Å². The Kier molecular flexibility index (Phi) is 8.45. The number of pyridine rings is 1. The molecule has 36 heavy (non-hydrogen) atoms. The summed E-state index contributed by atoms with van der Waals surface area (Å²) in [6.45, 7) is 6.47. The van der Waals surface area contributed by atoms with E-state index in [1.807, 2.05) is 12.3 Å². The van der Waals surface area contributed by atoms with Crippen molar-refractivity contribution in [2.45, 2.75) is 44.6 Å². The van der Waals surface area contributed by atoms with Crippen LogP contribution in [0.15, 0.2) is 24.7 Å². The zero-order chi connectivity index (χ0) is 24.6. The maximum Gasteiger partial charge on any atom is 0.271 e. The van der Waals surface area contributed by atoms with E-state index >= 15 is 0 Å². The van der Waals surface area contributed by atoms with Gasteiger partial charge >= 0.3 is 0 Å². The first-order chi connectivity index (χ1) is 17.8. The number of hydrogen-bond donors (Lipinski definition) is 3. The lowest BCUT2D eigenvalue weighted by molar-refractivity contribution is 0.0915. The van der Waals surface area contributed by atoms with Gasteiger partial charge in [0.05, 0.1) is 32.2 Å². The number of ether oxygens (including phenoxy) is 2. The predicted molar refractivity (Wildman–Crippen MR) is 138 cm³/mol. The number of nitrogens with zero attached hydrogens (tertiary/aromatic N) is 4. The fourth-order valence-corrected chi connectivity index (χ4v) is 5.18. The second-order valence-corrected chi connectivity index (χ2v) is 9.76. The first kappa shape index (κ1) is 24.7. The standard InChI is InChI=1S/C26H37N7O3/c34-26(22-17-31-23(18-30-22)33-12-15-35-16-13-33)32-21-3-1-19(2-4-21)5-8-27-10-11-29-25-24-20(6-9-28-25)7-14-36-24/h6,9,17-19,21,27H,1-5,7-8,10-16H2,(H,28,29)(H,32,34). The highest BCUT2D eigenvalue weighted by Crippen LogP contribution is 2.31. The summed E-state index contributed by atoms with van der Waals surface area (Å²) in [4.78, 5) is 28.0. The third kappa shape index (κ3) is 6.41. The number of nitrogens with one attached hydrogen (secondary N) is 3. The Hall–Kier alpha value is -2.98. The van der Waals surface area contributed by atoms with Crippen LogP contribution in [-0.2, 0) is 11.2 Å². The summed E-state index contributed by atoms with van der Waals surface area (Å²) in [5, 5.41) is 10.1. The van der Waals surface area contributed by atoms with E-state index in [0.717, 1.165) is 95.2 Å². The molecule has 2 aromatic rings. The molecule has 0 unspecified atom stereocenters. The quantitative estimate of drug-likeness (QED) is 0.426. The molecular weight excluding hydrogens is 458 g/mol. The Labute approximate surface area is 212 Å². The van der Waals surface area contributed by atoms with Crippen LogP contribution in [0, 0.1) is 5.92 Å². The molecule has 10 heteroatoms. The molecule has 0 aromatic carbocycles. The van der Waals surface area contributed by atoms with Gasteiger partial charge in [0.2, 0.25) is 0 Å². The highest BCUT2D eigenvalue weighted by molar-refractivity contribution is 5.92. The maximum atomic E-state index is 12.6. The van der Waals surface area contributed by atoms with Crippen molar-refractivity contribution in [2.24, 2.45) is 5.92 Å². The minimum Gasteiger partial charge on any atom is -0.489 e. The van der Waals surface area contributed by atoms with Crippen LogP contribution in [0.2, 0.25) is 0 Å². The molecule has 0 bridgehead atoms. The molecular formula is C26H37N7O3. The molecule has 194 valence electrons. The van der Waals surface area contributed by atoms with Crippen molar-refractivity contribution in [1.29, 1.82) is 0 Å². The van der Waals surface area contributed by atoms with Gasteiger partial charge in [-0.05, 0) is 50.6 Å². The maximum absolute atomic E-state index is 12.6. The van der Waals surface area contributed by atoms with Crippen LogP contribution in [0.5, 0.6) is 5.75 Å². The molecule has 1 aliphatic carbocycles. The van der Waals surface area contributed by atoms with Gasteiger partial charge in [0.1, 0.15) is 11.5 Å². The number of amides is 1. The molecule has 2 aliphatic heterocycles. The molecule has 3 aliphatic rings. The second kappa shape index (κ2) is 12.3. The van der Waals surface area contributed by atoms with Crippen molar-refractivity contribution in [3.8, 4) is 5.75 Å². The first-order valence-corrected chi connectivity index (χ1v) is 13.3. The average Bonchev–Trinajstić information content (AvgIpc) is 3.42. The Morgan fingerprint density at radius 1 is 1.00 bits per heavy atom. The lowest BCUT2D eigenvalue weighted by Crippen LogP contribution is -2.39. The molecule has 1 saturated carbocycles. The topological polar surface area (TPSA) is 114 Å². The van der Waals surface area contributed by atoms with Gasteiger partial charge in [0, 0.05) is 50.4 Å². The monoisotopic (exact) mass is 495 g/mol. The molecule has 1 amide bonds. The van der Waals surface area contributed by atoms with Crippen LogP contribution in [0.1, 0.15) is 48.2 Å². The summed E-state index contributed by atoms with van der Waals surface area (Å²) >= 11 is 0. The molecule has 5 rings (SSSR count). The van der Waals surface area contributed by atoms with Crippen LogP contribution < -0.4 is 25.6 Å². The fraction of sp³-hybridized carbons (Fsp3) is 0.615. The van der Waals surface area contributed by atoms with Crippen LogP contribution in [-0.4, -0.2) is 79.4 Å². The first-order valence-electron chi connectivity index (χ1n) is 13.3. The van der Waals surface area contributed by atoms with Gasteiger partial charge < -0.3 is 30.3 Å². The van der Waals surface area contributed by atoms with E-state index < -0.39 is 0 Å². The molecule has 10 nitrogen and oxygen atoms in total. The van der Waals surface area contributed by atoms with Crippen LogP contribution >= 0.6 is 0 Å².